The molecule has 1 unspecified atom stereocenters. The summed E-state index contributed by atoms with van der Waals surface area (Å²) in [5.74, 6) is 0.743. The molecule has 2 heterocycles. The quantitative estimate of drug-likeness (QED) is 0.460. The van der Waals surface area contributed by atoms with Gasteiger partial charge in [-0.05, 0) is 37.6 Å². The number of para-hydroxylation sites is 2. The molecule has 0 aliphatic carbocycles. The molecule has 1 N–H and O–H groups in total. The molecule has 1 aliphatic heterocycles. The molecule has 180 valence electrons. The number of benzene rings is 2. The first-order valence-electron chi connectivity index (χ1n) is 11.4. The van der Waals surface area contributed by atoms with Crippen LogP contribution >= 0.6 is 0 Å². The number of aromatic nitrogens is 2. The van der Waals surface area contributed by atoms with Gasteiger partial charge in [-0.15, -0.1) is 0 Å². The summed E-state index contributed by atoms with van der Waals surface area (Å²) in [4.78, 5) is 32.2. The first-order valence-corrected chi connectivity index (χ1v) is 11.4. The van der Waals surface area contributed by atoms with Gasteiger partial charge in [0.25, 0.3) is 0 Å². The van der Waals surface area contributed by atoms with Crippen LogP contribution in [0.15, 0.2) is 42.5 Å². The minimum atomic E-state index is -0.514. The van der Waals surface area contributed by atoms with Crippen molar-refractivity contribution in [2.45, 2.75) is 26.3 Å². The van der Waals surface area contributed by atoms with Crippen LogP contribution < -0.4 is 19.7 Å². The van der Waals surface area contributed by atoms with Gasteiger partial charge in [0.05, 0.1) is 36.9 Å². The van der Waals surface area contributed by atoms with E-state index in [0.717, 1.165) is 17.5 Å². The van der Waals surface area contributed by atoms with Crippen LogP contribution in [0.25, 0.3) is 11.0 Å². The van der Waals surface area contributed by atoms with Crippen molar-refractivity contribution in [3.63, 3.8) is 0 Å². The van der Waals surface area contributed by atoms with E-state index < -0.39 is 5.92 Å². The Labute approximate surface area is 198 Å². The smallest absolute Gasteiger partial charge is 0.232 e. The van der Waals surface area contributed by atoms with Gasteiger partial charge in [0, 0.05) is 38.8 Å². The number of hydrogen-bond donors (Lipinski definition) is 1. The minimum Gasteiger partial charge on any atom is -0.497 e. The van der Waals surface area contributed by atoms with Gasteiger partial charge in [0.2, 0.25) is 17.8 Å². The number of ether oxygens (including phenoxy) is 3. The number of rotatable bonds is 10. The topological polar surface area (TPSA) is 94.9 Å². The summed E-state index contributed by atoms with van der Waals surface area (Å²) in [7, 11) is 3.11. The van der Waals surface area contributed by atoms with Crippen LogP contribution in [-0.2, 0) is 20.9 Å². The Balaban J connectivity index is 1.52. The highest BCUT2D eigenvalue weighted by molar-refractivity contribution is 6.04. The molecular formula is C25H30N4O5. The molecule has 1 aliphatic rings. The maximum Gasteiger partial charge on any atom is 0.232 e. The van der Waals surface area contributed by atoms with Crippen LogP contribution in [0, 0.1) is 5.92 Å². The Morgan fingerprint density at radius 3 is 2.76 bits per heavy atom. The van der Waals surface area contributed by atoms with E-state index in [0.29, 0.717) is 42.9 Å². The highest BCUT2D eigenvalue weighted by atomic mass is 16.5. The van der Waals surface area contributed by atoms with E-state index in [1.165, 1.54) is 0 Å². The second-order valence-corrected chi connectivity index (χ2v) is 8.06. The van der Waals surface area contributed by atoms with Gasteiger partial charge in [0.1, 0.15) is 11.5 Å². The van der Waals surface area contributed by atoms with Crippen LogP contribution in [0.3, 0.4) is 0 Å². The molecule has 3 aromatic rings. The Kier molecular flexibility index (Phi) is 7.32. The van der Waals surface area contributed by atoms with Crippen molar-refractivity contribution in [1.82, 2.24) is 9.55 Å². The molecule has 4 rings (SSSR count). The number of hydrogen-bond acceptors (Lipinski definition) is 6. The molecule has 0 radical (unpaired) electrons. The first kappa shape index (κ1) is 23.6. The van der Waals surface area contributed by atoms with Gasteiger partial charge in [0.15, 0.2) is 0 Å². The number of carbonyl (C=O) groups excluding carboxylic acids is 2. The summed E-state index contributed by atoms with van der Waals surface area (Å²) >= 11 is 0. The zero-order chi connectivity index (χ0) is 24.1. The van der Waals surface area contributed by atoms with Crippen molar-refractivity contribution in [1.29, 1.82) is 0 Å². The molecule has 9 heteroatoms. The zero-order valence-electron chi connectivity index (χ0n) is 19.7. The number of imidazole rings is 1. The van der Waals surface area contributed by atoms with E-state index in [1.807, 2.05) is 35.8 Å². The fourth-order valence-corrected chi connectivity index (χ4v) is 4.20. The highest BCUT2D eigenvalue weighted by Crippen LogP contribution is 2.36. The Morgan fingerprint density at radius 2 is 2.00 bits per heavy atom. The fourth-order valence-electron chi connectivity index (χ4n) is 4.20. The van der Waals surface area contributed by atoms with E-state index in [-0.39, 0.29) is 24.8 Å². The van der Waals surface area contributed by atoms with E-state index in [9.17, 15) is 9.59 Å². The average molecular weight is 467 g/mol. The van der Waals surface area contributed by atoms with E-state index in [1.54, 1.807) is 37.3 Å². The Bertz CT molecular complexity index is 1180. The number of fused-ring (bicyclic) bond motifs is 1. The molecule has 0 saturated carbocycles. The van der Waals surface area contributed by atoms with Crippen molar-refractivity contribution < 1.29 is 23.8 Å². The van der Waals surface area contributed by atoms with Crippen molar-refractivity contribution in [2.75, 3.05) is 44.2 Å². The van der Waals surface area contributed by atoms with Crippen molar-refractivity contribution in [3.8, 4) is 11.5 Å². The second-order valence-electron chi connectivity index (χ2n) is 8.06. The van der Waals surface area contributed by atoms with Gasteiger partial charge in [-0.1, -0.05) is 12.1 Å². The summed E-state index contributed by atoms with van der Waals surface area (Å²) < 4.78 is 18.2. The number of anilines is 2. The lowest BCUT2D eigenvalue weighted by Crippen LogP contribution is -2.29. The number of amides is 2. The summed E-state index contributed by atoms with van der Waals surface area (Å²) in [6.45, 7) is 4.17. The SMILES string of the molecule is CCOCCCn1c(NC(=O)C2CC(=O)N(c3cc(OC)ccc3OC)C2)nc2ccccc21. The van der Waals surface area contributed by atoms with Crippen LogP contribution in [0.5, 0.6) is 11.5 Å². The standard InChI is InChI=1S/C25H30N4O5/c1-4-34-13-7-12-28-20-9-6-5-8-19(20)26-25(28)27-24(31)17-14-23(30)29(16-17)21-15-18(32-2)10-11-22(21)33-3/h5-6,8-11,15,17H,4,7,12-14,16H2,1-3H3,(H,26,27,31). The monoisotopic (exact) mass is 466 g/mol. The molecule has 0 spiro atoms. The number of nitrogens with one attached hydrogen (secondary N) is 1. The summed E-state index contributed by atoms with van der Waals surface area (Å²) in [5, 5.41) is 2.96. The van der Waals surface area contributed by atoms with Gasteiger partial charge in [-0.2, -0.15) is 0 Å². The van der Waals surface area contributed by atoms with Crippen LogP contribution in [-0.4, -0.2) is 55.3 Å². The van der Waals surface area contributed by atoms with Crippen molar-refractivity contribution >= 4 is 34.5 Å². The second kappa shape index (κ2) is 10.6. The third-order valence-corrected chi connectivity index (χ3v) is 5.94. The predicted octanol–water partition coefficient (Wildman–Crippen LogP) is 3.47. The normalized spacial score (nSPS) is 15.7. The molecule has 9 nitrogen and oxygen atoms in total. The van der Waals surface area contributed by atoms with Crippen LogP contribution in [0.1, 0.15) is 19.8 Å². The summed E-state index contributed by atoms with van der Waals surface area (Å²) in [5.41, 5.74) is 2.34. The van der Waals surface area contributed by atoms with Crippen LogP contribution in [0.4, 0.5) is 11.6 Å². The largest absolute Gasteiger partial charge is 0.497 e. The number of carbonyl (C=O) groups is 2. The van der Waals surface area contributed by atoms with Crippen molar-refractivity contribution in [2.24, 2.45) is 5.92 Å². The molecule has 34 heavy (non-hydrogen) atoms. The van der Waals surface area contributed by atoms with E-state index >= 15 is 0 Å². The van der Waals surface area contributed by atoms with E-state index in [4.69, 9.17) is 14.2 Å². The van der Waals surface area contributed by atoms with Gasteiger partial charge >= 0.3 is 0 Å². The van der Waals surface area contributed by atoms with Gasteiger partial charge in [-0.3, -0.25) is 14.9 Å². The molecule has 1 atom stereocenters. The van der Waals surface area contributed by atoms with Gasteiger partial charge < -0.3 is 23.7 Å². The van der Waals surface area contributed by atoms with E-state index in [2.05, 4.69) is 10.3 Å². The summed E-state index contributed by atoms with van der Waals surface area (Å²) in [6, 6.07) is 13.0. The molecule has 0 bridgehead atoms. The zero-order valence-corrected chi connectivity index (χ0v) is 19.7. The average Bonchev–Trinajstić information content (AvgIpc) is 3.41. The maximum atomic E-state index is 13.2. The van der Waals surface area contributed by atoms with Crippen molar-refractivity contribution in [3.05, 3.63) is 42.5 Å². The predicted molar refractivity (Wildman–Crippen MR) is 129 cm³/mol. The maximum absolute atomic E-state index is 13.2. The third kappa shape index (κ3) is 4.84. The molecule has 2 amide bonds. The molecule has 1 aromatic heterocycles. The first-order chi connectivity index (χ1) is 16.5. The third-order valence-electron chi connectivity index (χ3n) is 5.94. The summed E-state index contributed by atoms with van der Waals surface area (Å²) in [6.07, 6.45) is 0.902. The Hall–Kier alpha value is -3.59. The fraction of sp³-hybridized carbons (Fsp3) is 0.400. The van der Waals surface area contributed by atoms with Gasteiger partial charge in [-0.25, -0.2) is 4.98 Å². The van der Waals surface area contributed by atoms with Crippen LogP contribution in [0.2, 0.25) is 0 Å². The lowest BCUT2D eigenvalue weighted by molar-refractivity contribution is -0.122. The minimum absolute atomic E-state index is 0.108. The lowest BCUT2D eigenvalue weighted by atomic mass is 10.1. The molecule has 1 fully saturated rings. The number of aryl methyl sites for hydroxylation is 1. The highest BCUT2D eigenvalue weighted by Gasteiger charge is 2.37. The molecule has 2 aromatic carbocycles. The molecule has 1 saturated heterocycles. The Morgan fingerprint density at radius 1 is 1.18 bits per heavy atom. The molecular weight excluding hydrogens is 436 g/mol. The number of nitrogens with zero attached hydrogens (tertiary/aromatic N) is 3. The lowest BCUT2D eigenvalue weighted by Gasteiger charge is -2.20. The number of methoxy groups -OCH3 is 2.